The molecule has 21 heavy (non-hydrogen) atoms. The van der Waals surface area contributed by atoms with Crippen LogP contribution in [0.3, 0.4) is 0 Å². The lowest BCUT2D eigenvalue weighted by Gasteiger charge is -2.09. The van der Waals surface area contributed by atoms with E-state index in [9.17, 15) is 8.78 Å². The number of aryl methyl sites for hydroxylation is 2. The van der Waals surface area contributed by atoms with E-state index >= 15 is 0 Å². The second-order valence-electron chi connectivity index (χ2n) is 4.87. The number of hydrogen-bond acceptors (Lipinski definition) is 1. The summed E-state index contributed by atoms with van der Waals surface area (Å²) in [6.07, 6.45) is 0.521. The Morgan fingerprint density at radius 3 is 2.67 bits per heavy atom. The van der Waals surface area contributed by atoms with E-state index in [2.05, 4.69) is 4.98 Å². The third-order valence-corrected chi connectivity index (χ3v) is 3.61. The molecule has 0 saturated carbocycles. The van der Waals surface area contributed by atoms with Gasteiger partial charge in [-0.05, 0) is 36.8 Å². The summed E-state index contributed by atoms with van der Waals surface area (Å²) in [4.78, 5) is 4.46. The van der Waals surface area contributed by atoms with Crippen LogP contribution in [-0.2, 0) is 6.42 Å². The van der Waals surface area contributed by atoms with Crippen LogP contribution in [0.15, 0.2) is 36.4 Å². The van der Waals surface area contributed by atoms with Crippen LogP contribution >= 0.6 is 11.6 Å². The van der Waals surface area contributed by atoms with Crippen LogP contribution in [-0.4, -0.2) is 15.4 Å². The van der Waals surface area contributed by atoms with E-state index in [1.807, 2.05) is 0 Å². The van der Waals surface area contributed by atoms with Crippen LogP contribution in [0.4, 0.5) is 8.78 Å². The van der Waals surface area contributed by atoms with Crippen molar-refractivity contribution in [2.45, 2.75) is 13.3 Å². The minimum Gasteiger partial charge on any atom is -0.296 e. The highest BCUT2D eigenvalue weighted by atomic mass is 35.5. The first-order chi connectivity index (χ1) is 10.1. The Balaban J connectivity index is 2.29. The molecule has 108 valence electrons. The van der Waals surface area contributed by atoms with Crippen LogP contribution in [0, 0.1) is 18.6 Å². The fraction of sp³-hybridized carbons (Fsp3) is 0.188. The Labute approximate surface area is 126 Å². The van der Waals surface area contributed by atoms with Gasteiger partial charge in [0, 0.05) is 18.4 Å². The van der Waals surface area contributed by atoms with Crippen LogP contribution < -0.4 is 0 Å². The highest BCUT2D eigenvalue weighted by Gasteiger charge is 2.13. The van der Waals surface area contributed by atoms with E-state index in [1.54, 1.807) is 29.7 Å². The van der Waals surface area contributed by atoms with Crippen LogP contribution in [0.2, 0.25) is 0 Å². The van der Waals surface area contributed by atoms with Gasteiger partial charge in [-0.3, -0.25) is 4.57 Å². The summed E-state index contributed by atoms with van der Waals surface area (Å²) in [7, 11) is 0. The largest absolute Gasteiger partial charge is 0.296 e. The molecule has 2 nitrogen and oxygen atoms in total. The van der Waals surface area contributed by atoms with Crippen molar-refractivity contribution in [3.8, 4) is 5.69 Å². The van der Waals surface area contributed by atoms with Gasteiger partial charge in [0.15, 0.2) is 0 Å². The van der Waals surface area contributed by atoms with Gasteiger partial charge < -0.3 is 0 Å². The van der Waals surface area contributed by atoms with Gasteiger partial charge >= 0.3 is 0 Å². The molecule has 0 fully saturated rings. The fourth-order valence-corrected chi connectivity index (χ4v) is 2.53. The van der Waals surface area contributed by atoms with Crippen molar-refractivity contribution in [3.05, 3.63) is 59.4 Å². The number of fused-ring (bicyclic) bond motifs is 1. The first-order valence-corrected chi connectivity index (χ1v) is 7.13. The maximum Gasteiger partial charge on any atom is 0.128 e. The number of benzene rings is 2. The summed E-state index contributed by atoms with van der Waals surface area (Å²) in [5.41, 5.74) is 2.45. The number of hydrogen-bond donors (Lipinski definition) is 0. The molecule has 3 aromatic rings. The van der Waals surface area contributed by atoms with E-state index in [-0.39, 0.29) is 11.6 Å². The molecule has 0 bridgehead atoms. The summed E-state index contributed by atoms with van der Waals surface area (Å²) in [6, 6.07) is 9.29. The van der Waals surface area contributed by atoms with Crippen molar-refractivity contribution in [2.24, 2.45) is 0 Å². The molecule has 0 aliphatic rings. The molecule has 3 rings (SSSR count). The number of aromatic nitrogens is 2. The highest BCUT2D eigenvalue weighted by molar-refractivity contribution is 6.17. The zero-order chi connectivity index (χ0) is 15.0. The van der Waals surface area contributed by atoms with E-state index in [1.165, 1.54) is 18.2 Å². The van der Waals surface area contributed by atoms with Gasteiger partial charge in [-0.1, -0.05) is 6.07 Å². The third kappa shape index (κ3) is 2.51. The van der Waals surface area contributed by atoms with E-state index in [0.717, 1.165) is 0 Å². The number of imidazole rings is 1. The second kappa shape index (κ2) is 5.45. The SMILES string of the molecule is Cc1ccc(-n2c(CCCl)nc3ccc(F)cc32)cc1F. The minimum atomic E-state index is -0.353. The van der Waals surface area contributed by atoms with Crippen molar-refractivity contribution >= 4 is 22.6 Å². The quantitative estimate of drug-likeness (QED) is 0.656. The smallest absolute Gasteiger partial charge is 0.128 e. The fourth-order valence-electron chi connectivity index (χ4n) is 2.36. The Kier molecular flexibility index (Phi) is 3.64. The molecular weight excluding hydrogens is 294 g/mol. The van der Waals surface area contributed by atoms with Gasteiger partial charge in [-0.15, -0.1) is 11.6 Å². The van der Waals surface area contributed by atoms with Crippen LogP contribution in [0.1, 0.15) is 11.4 Å². The lowest BCUT2D eigenvalue weighted by atomic mass is 10.2. The summed E-state index contributed by atoms with van der Waals surface area (Å²) in [5.74, 6) is 0.422. The van der Waals surface area contributed by atoms with Crippen molar-refractivity contribution in [3.63, 3.8) is 0 Å². The topological polar surface area (TPSA) is 17.8 Å². The molecular formula is C16H13ClF2N2. The standard InChI is InChI=1S/C16H13ClF2N2/c1-10-2-4-12(9-13(10)19)21-15-8-11(18)3-5-14(15)20-16(21)6-7-17/h2-5,8-9H,6-7H2,1H3. The van der Waals surface area contributed by atoms with E-state index < -0.39 is 0 Å². The molecule has 0 saturated heterocycles. The maximum atomic E-state index is 13.8. The van der Waals surface area contributed by atoms with Gasteiger partial charge in [-0.2, -0.15) is 0 Å². The van der Waals surface area contributed by atoms with Gasteiger partial charge in [-0.25, -0.2) is 13.8 Å². The minimum absolute atomic E-state index is 0.303. The van der Waals surface area contributed by atoms with Crippen molar-refractivity contribution in [1.29, 1.82) is 0 Å². The van der Waals surface area contributed by atoms with E-state index in [0.29, 0.717) is 40.4 Å². The van der Waals surface area contributed by atoms with Gasteiger partial charge in [0.1, 0.15) is 17.5 Å². The molecule has 0 unspecified atom stereocenters. The predicted molar refractivity (Wildman–Crippen MR) is 80.1 cm³/mol. The van der Waals surface area contributed by atoms with Gasteiger partial charge in [0.05, 0.1) is 16.7 Å². The van der Waals surface area contributed by atoms with Crippen molar-refractivity contribution in [2.75, 3.05) is 5.88 Å². The number of rotatable bonds is 3. The Hall–Kier alpha value is -1.94. The van der Waals surface area contributed by atoms with E-state index in [4.69, 9.17) is 11.6 Å². The molecule has 5 heteroatoms. The number of nitrogens with zero attached hydrogens (tertiary/aromatic N) is 2. The Morgan fingerprint density at radius 2 is 1.95 bits per heavy atom. The molecule has 0 N–H and O–H groups in total. The molecule has 0 radical (unpaired) electrons. The summed E-state index contributed by atoms with van der Waals surface area (Å²) >= 11 is 5.81. The number of halogens is 3. The Morgan fingerprint density at radius 1 is 1.14 bits per heavy atom. The molecule has 1 aromatic heterocycles. The Bertz CT molecular complexity index is 811. The molecule has 0 aliphatic carbocycles. The highest BCUT2D eigenvalue weighted by Crippen LogP contribution is 2.24. The molecule has 2 aromatic carbocycles. The first kappa shape index (κ1) is 14.0. The lowest BCUT2D eigenvalue weighted by molar-refractivity contribution is 0.617. The van der Waals surface area contributed by atoms with Crippen LogP contribution in [0.25, 0.3) is 16.7 Å². The molecule has 0 aliphatic heterocycles. The monoisotopic (exact) mass is 306 g/mol. The summed E-state index contributed by atoms with van der Waals surface area (Å²) < 4.78 is 29.1. The van der Waals surface area contributed by atoms with Crippen LogP contribution in [0.5, 0.6) is 0 Å². The van der Waals surface area contributed by atoms with Crippen molar-refractivity contribution < 1.29 is 8.78 Å². The van der Waals surface area contributed by atoms with Gasteiger partial charge in [0.2, 0.25) is 0 Å². The normalized spacial score (nSPS) is 11.2. The molecule has 0 spiro atoms. The lowest BCUT2D eigenvalue weighted by Crippen LogP contribution is -2.03. The average molecular weight is 307 g/mol. The molecule has 0 atom stereocenters. The molecule has 0 amide bonds. The zero-order valence-electron chi connectivity index (χ0n) is 11.4. The average Bonchev–Trinajstić information content (AvgIpc) is 2.80. The number of alkyl halides is 1. The van der Waals surface area contributed by atoms with Crippen molar-refractivity contribution in [1.82, 2.24) is 9.55 Å². The summed E-state index contributed by atoms with van der Waals surface area (Å²) in [6.45, 7) is 1.70. The first-order valence-electron chi connectivity index (χ1n) is 6.59. The second-order valence-corrected chi connectivity index (χ2v) is 5.25. The maximum absolute atomic E-state index is 13.8. The predicted octanol–water partition coefficient (Wildman–Crippen LogP) is 4.39. The zero-order valence-corrected chi connectivity index (χ0v) is 12.2. The molecule has 1 heterocycles. The summed E-state index contributed by atoms with van der Waals surface area (Å²) in [5, 5.41) is 0. The third-order valence-electron chi connectivity index (χ3n) is 3.42. The van der Waals surface area contributed by atoms with Gasteiger partial charge in [0.25, 0.3) is 0 Å².